The summed E-state index contributed by atoms with van der Waals surface area (Å²) in [7, 11) is 4.54. The van der Waals surface area contributed by atoms with Gasteiger partial charge in [-0.3, -0.25) is 0 Å². The van der Waals surface area contributed by atoms with Crippen molar-refractivity contribution < 1.29 is 32.9 Å². The number of nitrogens with zero attached hydrogens (tertiary/aromatic N) is 1. The summed E-state index contributed by atoms with van der Waals surface area (Å²) < 4.78 is 33.7. The third-order valence-electron chi connectivity index (χ3n) is 6.70. The summed E-state index contributed by atoms with van der Waals surface area (Å²) in [6.45, 7) is 3.76. The summed E-state index contributed by atoms with van der Waals surface area (Å²) >= 11 is 0. The Morgan fingerprint density at radius 1 is 0.974 bits per heavy atom. The minimum absolute atomic E-state index is 0.0595. The zero-order valence-corrected chi connectivity index (χ0v) is 22.1. The molecular weight excluding hydrogens is 500 g/mol. The fourth-order valence-corrected chi connectivity index (χ4v) is 4.79. The molecule has 9 heteroatoms. The van der Waals surface area contributed by atoms with Crippen LogP contribution in [0.25, 0.3) is 11.0 Å². The van der Waals surface area contributed by atoms with Crippen molar-refractivity contribution in [2.24, 2.45) is 5.73 Å². The second kappa shape index (κ2) is 9.99. The number of carbonyl (C=O) groups excluding carboxylic acids is 1. The van der Waals surface area contributed by atoms with Crippen molar-refractivity contribution in [2.75, 3.05) is 21.3 Å². The lowest BCUT2D eigenvalue weighted by Crippen LogP contribution is -2.21. The van der Waals surface area contributed by atoms with E-state index in [0.717, 1.165) is 10.9 Å². The molecule has 0 amide bonds. The molecule has 0 bridgehead atoms. The van der Waals surface area contributed by atoms with Gasteiger partial charge in [-0.15, -0.1) is 0 Å². The number of nitrogens with two attached hydrogens (primary N) is 1. The van der Waals surface area contributed by atoms with Crippen LogP contribution in [0.3, 0.4) is 0 Å². The van der Waals surface area contributed by atoms with Crippen molar-refractivity contribution in [3.63, 3.8) is 0 Å². The Morgan fingerprint density at radius 3 is 2.33 bits per heavy atom. The highest BCUT2D eigenvalue weighted by atomic mass is 16.6. The Labute approximate surface area is 224 Å². The van der Waals surface area contributed by atoms with E-state index in [9.17, 15) is 10.1 Å². The third kappa shape index (κ3) is 4.36. The number of carbonyl (C=O) groups is 1. The van der Waals surface area contributed by atoms with Crippen LogP contribution in [-0.2, 0) is 0 Å². The Hall–Kier alpha value is -5.10. The SMILES string of the molecule is COc1cc(C2C(C#N)=C(N)Oc3cc(OC(=O)c4oc5cc(C)ccc5c4C)ccc32)cc(OC)c1OC. The minimum Gasteiger partial charge on any atom is -0.493 e. The average molecular weight is 527 g/mol. The van der Waals surface area contributed by atoms with Crippen LogP contribution in [-0.4, -0.2) is 27.3 Å². The number of fused-ring (bicyclic) bond motifs is 2. The number of rotatable bonds is 6. The molecule has 0 radical (unpaired) electrons. The molecule has 198 valence electrons. The van der Waals surface area contributed by atoms with Crippen molar-refractivity contribution in [2.45, 2.75) is 19.8 Å². The number of esters is 1. The number of methoxy groups -OCH3 is 3. The molecule has 2 heterocycles. The number of nitriles is 1. The predicted molar refractivity (Wildman–Crippen MR) is 142 cm³/mol. The molecule has 1 aromatic heterocycles. The Bertz CT molecular complexity index is 1670. The largest absolute Gasteiger partial charge is 0.493 e. The Kier molecular flexibility index (Phi) is 6.54. The van der Waals surface area contributed by atoms with Crippen molar-refractivity contribution >= 4 is 16.9 Å². The van der Waals surface area contributed by atoms with Crippen LogP contribution >= 0.6 is 0 Å². The maximum atomic E-state index is 13.0. The smallest absolute Gasteiger partial charge is 0.379 e. The Morgan fingerprint density at radius 2 is 1.69 bits per heavy atom. The van der Waals surface area contributed by atoms with E-state index in [2.05, 4.69) is 6.07 Å². The fourth-order valence-electron chi connectivity index (χ4n) is 4.79. The van der Waals surface area contributed by atoms with Crippen LogP contribution in [0.2, 0.25) is 0 Å². The lowest BCUT2D eigenvalue weighted by atomic mass is 9.83. The zero-order valence-electron chi connectivity index (χ0n) is 22.1. The number of aryl methyl sites for hydroxylation is 2. The second-order valence-electron chi connectivity index (χ2n) is 9.03. The van der Waals surface area contributed by atoms with Crippen LogP contribution < -0.4 is 29.4 Å². The monoisotopic (exact) mass is 526 g/mol. The van der Waals surface area contributed by atoms with E-state index < -0.39 is 11.9 Å². The topological polar surface area (TPSA) is 126 Å². The van der Waals surface area contributed by atoms with Crippen molar-refractivity contribution in [1.29, 1.82) is 5.26 Å². The summed E-state index contributed by atoms with van der Waals surface area (Å²) in [6, 6.07) is 16.3. The summed E-state index contributed by atoms with van der Waals surface area (Å²) in [5.41, 5.74) is 10.0. The first-order valence-corrected chi connectivity index (χ1v) is 12.0. The molecule has 0 fully saturated rings. The fraction of sp³-hybridized carbons (Fsp3) is 0.200. The molecule has 2 N–H and O–H groups in total. The van der Waals surface area contributed by atoms with E-state index in [4.69, 9.17) is 33.8 Å². The van der Waals surface area contributed by atoms with Gasteiger partial charge in [-0.2, -0.15) is 5.26 Å². The van der Waals surface area contributed by atoms with Crippen molar-refractivity contribution in [3.05, 3.63) is 88.0 Å². The molecule has 5 rings (SSSR count). The lowest BCUT2D eigenvalue weighted by Gasteiger charge is -2.27. The van der Waals surface area contributed by atoms with Gasteiger partial charge in [0, 0.05) is 22.6 Å². The molecule has 0 aliphatic carbocycles. The maximum Gasteiger partial charge on any atom is 0.379 e. The molecule has 4 aromatic rings. The molecule has 3 aromatic carbocycles. The van der Waals surface area contributed by atoms with Gasteiger partial charge in [-0.25, -0.2) is 4.79 Å². The van der Waals surface area contributed by atoms with E-state index in [1.165, 1.54) is 21.3 Å². The van der Waals surface area contributed by atoms with Gasteiger partial charge in [0.05, 0.1) is 27.2 Å². The second-order valence-corrected chi connectivity index (χ2v) is 9.03. The number of hydrogen-bond acceptors (Lipinski definition) is 9. The first-order valence-electron chi connectivity index (χ1n) is 12.0. The summed E-state index contributed by atoms with van der Waals surface area (Å²) in [5.74, 6) is 0.670. The third-order valence-corrected chi connectivity index (χ3v) is 6.70. The zero-order chi connectivity index (χ0) is 27.8. The van der Waals surface area contributed by atoms with E-state index in [1.807, 2.05) is 32.0 Å². The summed E-state index contributed by atoms with van der Waals surface area (Å²) in [4.78, 5) is 13.0. The van der Waals surface area contributed by atoms with Crippen molar-refractivity contribution in [3.8, 4) is 34.8 Å². The molecule has 1 unspecified atom stereocenters. The van der Waals surface area contributed by atoms with Gasteiger partial charge in [0.2, 0.25) is 17.4 Å². The maximum absolute atomic E-state index is 13.0. The van der Waals surface area contributed by atoms with Crippen LogP contribution in [0, 0.1) is 25.2 Å². The molecule has 0 spiro atoms. The molecular formula is C30H26N2O7. The standard InChI is InChI=1S/C30H26N2O7/c1-15-6-8-19-16(2)27(38-22(19)10-15)30(33)37-18-7-9-20-23(13-18)39-29(32)21(14-31)26(20)17-11-24(34-3)28(36-5)25(12-17)35-4/h6-13,26H,32H2,1-5H3. The van der Waals surface area contributed by atoms with Gasteiger partial charge < -0.3 is 33.8 Å². The van der Waals surface area contributed by atoms with Gasteiger partial charge in [-0.05, 0) is 49.2 Å². The molecule has 39 heavy (non-hydrogen) atoms. The number of furan rings is 1. The van der Waals surface area contributed by atoms with Crippen molar-refractivity contribution in [1.82, 2.24) is 0 Å². The number of ether oxygens (including phenoxy) is 5. The Balaban J connectivity index is 1.53. The first kappa shape index (κ1) is 25.5. The normalized spacial score (nSPS) is 14.3. The van der Waals surface area contributed by atoms with Gasteiger partial charge in [-0.1, -0.05) is 18.2 Å². The molecule has 1 aliphatic heterocycles. The highest BCUT2D eigenvalue weighted by Crippen LogP contribution is 2.47. The summed E-state index contributed by atoms with van der Waals surface area (Å²) in [5, 5.41) is 10.8. The van der Waals surface area contributed by atoms with E-state index in [1.54, 1.807) is 30.3 Å². The predicted octanol–water partition coefficient (Wildman–Crippen LogP) is 5.51. The molecule has 0 saturated heterocycles. The molecule has 9 nitrogen and oxygen atoms in total. The van der Waals surface area contributed by atoms with Gasteiger partial charge in [0.1, 0.15) is 28.7 Å². The van der Waals surface area contributed by atoms with E-state index in [0.29, 0.717) is 45.3 Å². The average Bonchev–Trinajstić information content (AvgIpc) is 3.26. The molecule has 1 atom stereocenters. The summed E-state index contributed by atoms with van der Waals surface area (Å²) in [6.07, 6.45) is 0. The van der Waals surface area contributed by atoms with Crippen LogP contribution in [0.5, 0.6) is 28.7 Å². The van der Waals surface area contributed by atoms with Crippen LogP contribution in [0.15, 0.2) is 64.4 Å². The van der Waals surface area contributed by atoms with Crippen LogP contribution in [0.1, 0.15) is 38.7 Å². The quantitative estimate of drug-likeness (QED) is 0.255. The molecule has 0 saturated carbocycles. The van der Waals surface area contributed by atoms with Crippen LogP contribution in [0.4, 0.5) is 0 Å². The highest BCUT2D eigenvalue weighted by molar-refractivity contribution is 5.97. The van der Waals surface area contributed by atoms with Gasteiger partial charge in [0.25, 0.3) is 0 Å². The number of allylic oxidation sites excluding steroid dienone is 1. The van der Waals surface area contributed by atoms with Gasteiger partial charge in [0.15, 0.2) is 11.5 Å². The molecule has 1 aliphatic rings. The highest BCUT2D eigenvalue weighted by Gasteiger charge is 2.33. The van der Waals surface area contributed by atoms with E-state index in [-0.39, 0.29) is 23.0 Å². The minimum atomic E-state index is -0.639. The van der Waals surface area contributed by atoms with Gasteiger partial charge >= 0.3 is 5.97 Å². The number of hydrogen-bond donors (Lipinski definition) is 1. The number of benzene rings is 3. The van der Waals surface area contributed by atoms with E-state index >= 15 is 0 Å². The first-order chi connectivity index (χ1) is 18.8. The lowest BCUT2D eigenvalue weighted by molar-refractivity contribution is 0.0702.